The van der Waals surface area contributed by atoms with Gasteiger partial charge in [0.15, 0.2) is 0 Å². The summed E-state index contributed by atoms with van der Waals surface area (Å²) in [4.78, 5) is 26.4. The zero-order chi connectivity index (χ0) is 22.0. The van der Waals surface area contributed by atoms with Gasteiger partial charge in [-0.05, 0) is 49.2 Å². The van der Waals surface area contributed by atoms with Gasteiger partial charge in [0, 0.05) is 61.7 Å². The quantitative estimate of drug-likeness (QED) is 0.679. The average Bonchev–Trinajstić information content (AvgIpc) is 2.73. The Hall–Kier alpha value is -2.93. The largest absolute Gasteiger partial charge is 0.369 e. The highest BCUT2D eigenvalue weighted by atomic mass is 16.1. The van der Waals surface area contributed by atoms with Crippen LogP contribution < -0.4 is 15.8 Å². The second-order valence-electron chi connectivity index (χ2n) is 9.57. The van der Waals surface area contributed by atoms with E-state index in [0.717, 1.165) is 43.7 Å². The number of fused-ring (bicyclic) bond motifs is 1. The molecule has 0 aliphatic carbocycles. The van der Waals surface area contributed by atoms with E-state index >= 15 is 0 Å². The standard InChI is InChI=1S/C24H32N6O/c1-24(2,3)11-12-30-21(31)10-5-18-17-25-23(27-22(18)30)26-19-6-8-20(9-7-19)29-15-13-28(4)14-16-29/h5-10,17H,11-16H2,1-4H3,(H,25,26,27). The van der Waals surface area contributed by atoms with Crippen molar-refractivity contribution in [2.45, 2.75) is 33.7 Å². The monoisotopic (exact) mass is 420 g/mol. The highest BCUT2D eigenvalue weighted by Crippen LogP contribution is 2.23. The molecule has 164 valence electrons. The van der Waals surface area contributed by atoms with Crippen molar-refractivity contribution in [1.29, 1.82) is 0 Å². The van der Waals surface area contributed by atoms with Crippen LogP contribution in [0.25, 0.3) is 11.0 Å². The molecule has 0 amide bonds. The van der Waals surface area contributed by atoms with Gasteiger partial charge < -0.3 is 15.1 Å². The maximum absolute atomic E-state index is 12.5. The van der Waals surface area contributed by atoms with Crippen LogP contribution in [0.5, 0.6) is 0 Å². The Balaban J connectivity index is 1.54. The fraction of sp³-hybridized carbons (Fsp3) is 0.458. The Morgan fingerprint density at radius 2 is 1.71 bits per heavy atom. The van der Waals surface area contributed by atoms with Crippen LogP contribution in [0.15, 0.2) is 47.4 Å². The number of aryl methyl sites for hydroxylation is 1. The number of anilines is 3. The van der Waals surface area contributed by atoms with Gasteiger partial charge in [0.05, 0.1) is 0 Å². The maximum atomic E-state index is 12.5. The minimum absolute atomic E-state index is 0.0297. The van der Waals surface area contributed by atoms with Crippen LogP contribution in [0.2, 0.25) is 0 Å². The van der Waals surface area contributed by atoms with E-state index in [9.17, 15) is 4.79 Å². The van der Waals surface area contributed by atoms with Crippen LogP contribution in [0.1, 0.15) is 27.2 Å². The third-order valence-corrected chi connectivity index (χ3v) is 5.80. The van der Waals surface area contributed by atoms with Crippen molar-refractivity contribution in [2.24, 2.45) is 5.41 Å². The number of aromatic nitrogens is 3. The normalized spacial score (nSPS) is 15.4. The van der Waals surface area contributed by atoms with Gasteiger partial charge in [-0.1, -0.05) is 20.8 Å². The number of nitrogens with zero attached hydrogens (tertiary/aromatic N) is 5. The number of hydrogen-bond acceptors (Lipinski definition) is 6. The molecular formula is C24H32N6O. The summed E-state index contributed by atoms with van der Waals surface area (Å²) in [6, 6.07) is 11.8. The molecule has 0 spiro atoms. The van der Waals surface area contributed by atoms with Gasteiger partial charge in [0.2, 0.25) is 5.95 Å². The summed E-state index contributed by atoms with van der Waals surface area (Å²) in [6.45, 7) is 11.4. The third-order valence-electron chi connectivity index (χ3n) is 5.80. The Labute approximate surface area is 183 Å². The highest BCUT2D eigenvalue weighted by Gasteiger charge is 2.15. The van der Waals surface area contributed by atoms with Crippen molar-refractivity contribution in [2.75, 3.05) is 43.4 Å². The second-order valence-corrected chi connectivity index (χ2v) is 9.57. The Morgan fingerprint density at radius 3 is 2.39 bits per heavy atom. The molecule has 0 unspecified atom stereocenters. The smallest absolute Gasteiger partial charge is 0.252 e. The van der Waals surface area contributed by atoms with Crippen LogP contribution in [0.4, 0.5) is 17.3 Å². The first-order valence-electron chi connectivity index (χ1n) is 11.0. The molecule has 7 nitrogen and oxygen atoms in total. The van der Waals surface area contributed by atoms with E-state index < -0.39 is 0 Å². The van der Waals surface area contributed by atoms with Crippen molar-refractivity contribution >= 4 is 28.4 Å². The molecular weight excluding hydrogens is 388 g/mol. The van der Waals surface area contributed by atoms with E-state index in [2.05, 4.69) is 77.2 Å². The van der Waals surface area contributed by atoms with E-state index in [-0.39, 0.29) is 11.0 Å². The Kier molecular flexibility index (Phi) is 5.96. The topological polar surface area (TPSA) is 66.3 Å². The number of rotatable bonds is 5. The van der Waals surface area contributed by atoms with Crippen LogP contribution >= 0.6 is 0 Å². The molecule has 1 aliphatic rings. The average molecular weight is 421 g/mol. The molecule has 1 saturated heterocycles. The lowest BCUT2D eigenvalue weighted by molar-refractivity contribution is 0.313. The van der Waals surface area contributed by atoms with Crippen molar-refractivity contribution in [3.8, 4) is 0 Å². The van der Waals surface area contributed by atoms with Crippen molar-refractivity contribution < 1.29 is 0 Å². The lowest BCUT2D eigenvalue weighted by atomic mass is 9.92. The van der Waals surface area contributed by atoms with Gasteiger partial charge in [-0.25, -0.2) is 4.98 Å². The summed E-state index contributed by atoms with van der Waals surface area (Å²) in [6.07, 6.45) is 2.67. The molecule has 1 fully saturated rings. The fourth-order valence-corrected chi connectivity index (χ4v) is 3.74. The number of pyridine rings is 1. The lowest BCUT2D eigenvalue weighted by Crippen LogP contribution is -2.44. The molecule has 1 aliphatic heterocycles. The van der Waals surface area contributed by atoms with Crippen molar-refractivity contribution in [3.05, 3.63) is 52.9 Å². The molecule has 1 aromatic carbocycles. The van der Waals surface area contributed by atoms with Gasteiger partial charge in [-0.2, -0.15) is 4.98 Å². The predicted molar refractivity (Wildman–Crippen MR) is 127 cm³/mol. The predicted octanol–water partition coefficient (Wildman–Crippen LogP) is 3.72. The van der Waals surface area contributed by atoms with Crippen molar-refractivity contribution in [3.63, 3.8) is 0 Å². The summed E-state index contributed by atoms with van der Waals surface area (Å²) < 4.78 is 1.75. The van der Waals surface area contributed by atoms with Crippen LogP contribution in [0, 0.1) is 5.41 Å². The molecule has 7 heteroatoms. The van der Waals surface area contributed by atoms with Crippen molar-refractivity contribution in [1.82, 2.24) is 19.4 Å². The van der Waals surface area contributed by atoms with Gasteiger partial charge in [-0.3, -0.25) is 9.36 Å². The summed E-state index contributed by atoms with van der Waals surface area (Å²) >= 11 is 0. The second kappa shape index (κ2) is 8.67. The van der Waals surface area contributed by atoms with E-state index in [1.54, 1.807) is 22.9 Å². The number of likely N-dealkylation sites (N-methyl/N-ethyl adjacent to an activating group) is 1. The Morgan fingerprint density at radius 1 is 1.00 bits per heavy atom. The van der Waals surface area contributed by atoms with E-state index in [1.165, 1.54) is 5.69 Å². The van der Waals surface area contributed by atoms with Crippen LogP contribution in [0.3, 0.4) is 0 Å². The molecule has 1 N–H and O–H groups in total. The van der Waals surface area contributed by atoms with Gasteiger partial charge in [0.1, 0.15) is 5.65 Å². The van der Waals surface area contributed by atoms with Gasteiger partial charge >= 0.3 is 0 Å². The molecule has 4 rings (SSSR count). The number of hydrogen-bond donors (Lipinski definition) is 1. The molecule has 3 heterocycles. The first kappa shape index (κ1) is 21.3. The fourth-order valence-electron chi connectivity index (χ4n) is 3.74. The number of benzene rings is 1. The molecule has 0 saturated carbocycles. The first-order chi connectivity index (χ1) is 14.8. The molecule has 0 atom stereocenters. The van der Waals surface area contributed by atoms with E-state index in [1.807, 2.05) is 0 Å². The minimum atomic E-state index is -0.0297. The summed E-state index contributed by atoms with van der Waals surface area (Å²) in [5.41, 5.74) is 2.94. The van der Waals surface area contributed by atoms with E-state index in [4.69, 9.17) is 0 Å². The number of piperazine rings is 1. The van der Waals surface area contributed by atoms with Crippen LogP contribution in [-0.2, 0) is 6.54 Å². The Bertz CT molecular complexity index is 1090. The van der Waals surface area contributed by atoms with Crippen LogP contribution in [-0.4, -0.2) is 52.7 Å². The summed E-state index contributed by atoms with van der Waals surface area (Å²) in [5, 5.41) is 4.15. The summed E-state index contributed by atoms with van der Waals surface area (Å²) in [7, 11) is 2.16. The minimum Gasteiger partial charge on any atom is -0.369 e. The van der Waals surface area contributed by atoms with Gasteiger partial charge in [-0.15, -0.1) is 0 Å². The molecule has 3 aromatic rings. The zero-order valence-electron chi connectivity index (χ0n) is 18.9. The molecule has 2 aromatic heterocycles. The van der Waals surface area contributed by atoms with Gasteiger partial charge in [0.25, 0.3) is 5.56 Å². The SMILES string of the molecule is CN1CCN(c2ccc(Nc3ncc4ccc(=O)n(CCC(C)(C)C)c4n3)cc2)CC1. The van der Waals surface area contributed by atoms with E-state index in [0.29, 0.717) is 18.1 Å². The molecule has 0 radical (unpaired) electrons. The lowest BCUT2D eigenvalue weighted by Gasteiger charge is -2.34. The maximum Gasteiger partial charge on any atom is 0.252 e. The summed E-state index contributed by atoms with van der Waals surface area (Å²) in [5.74, 6) is 0.495. The number of nitrogens with one attached hydrogen (secondary N) is 1. The molecule has 31 heavy (non-hydrogen) atoms. The molecule has 0 bridgehead atoms. The third kappa shape index (κ3) is 5.22. The highest BCUT2D eigenvalue weighted by molar-refractivity contribution is 5.75. The first-order valence-corrected chi connectivity index (χ1v) is 11.0. The zero-order valence-corrected chi connectivity index (χ0v) is 18.9.